The van der Waals surface area contributed by atoms with E-state index < -0.39 is 6.29 Å². The molecule has 0 aliphatic heterocycles. The van der Waals surface area contributed by atoms with Gasteiger partial charge in [0.1, 0.15) is 0 Å². The lowest BCUT2D eigenvalue weighted by atomic mass is 10.1. The first-order valence-corrected chi connectivity index (χ1v) is 6.69. The van der Waals surface area contributed by atoms with Crippen molar-refractivity contribution < 1.29 is 14.6 Å². The minimum Gasteiger partial charge on any atom is -0.434 e. The van der Waals surface area contributed by atoms with E-state index in [1.807, 2.05) is 6.92 Å². The van der Waals surface area contributed by atoms with E-state index in [9.17, 15) is 9.90 Å². The fraction of sp³-hybridized carbons (Fsp3) is 0.562. The van der Waals surface area contributed by atoms with Crippen LogP contribution in [0.2, 0.25) is 0 Å². The van der Waals surface area contributed by atoms with E-state index in [2.05, 4.69) is 37.7 Å². The van der Waals surface area contributed by atoms with Crippen molar-refractivity contribution in [2.45, 2.75) is 59.7 Å². The highest BCUT2D eigenvalue weighted by Crippen LogP contribution is 2.11. The fourth-order valence-electron chi connectivity index (χ4n) is 1.66. The molecule has 1 N–H and O–H groups in total. The van der Waals surface area contributed by atoms with Crippen molar-refractivity contribution in [2.75, 3.05) is 0 Å². The van der Waals surface area contributed by atoms with Crippen LogP contribution in [0, 0.1) is 0 Å². The first kappa shape index (κ1) is 17.6. The molecule has 3 heteroatoms. The SMILES string of the molecule is CC(C)=CCC/C(C)=C/CC/C(C)=C\C(O)OC=O. The largest absolute Gasteiger partial charge is 0.434 e. The molecule has 0 aromatic carbocycles. The lowest BCUT2D eigenvalue weighted by Crippen LogP contribution is -2.07. The first-order chi connectivity index (χ1) is 8.95. The molecule has 108 valence electrons. The van der Waals surface area contributed by atoms with Crippen LogP contribution < -0.4 is 0 Å². The molecule has 1 unspecified atom stereocenters. The average molecular weight is 266 g/mol. The summed E-state index contributed by atoms with van der Waals surface area (Å²) in [6, 6.07) is 0. The monoisotopic (exact) mass is 266 g/mol. The van der Waals surface area contributed by atoms with Crippen molar-refractivity contribution in [2.24, 2.45) is 0 Å². The van der Waals surface area contributed by atoms with Crippen molar-refractivity contribution in [1.82, 2.24) is 0 Å². The van der Waals surface area contributed by atoms with E-state index in [0.717, 1.165) is 31.3 Å². The molecule has 0 saturated heterocycles. The summed E-state index contributed by atoms with van der Waals surface area (Å²) in [4.78, 5) is 10.0. The minimum atomic E-state index is -1.12. The zero-order valence-electron chi connectivity index (χ0n) is 12.5. The molecule has 0 bridgehead atoms. The third-order valence-electron chi connectivity index (χ3n) is 2.74. The normalized spacial score (nSPS) is 13.9. The molecule has 0 aromatic rings. The van der Waals surface area contributed by atoms with Crippen LogP contribution in [-0.4, -0.2) is 17.9 Å². The van der Waals surface area contributed by atoms with Crippen LogP contribution >= 0.6 is 0 Å². The smallest absolute Gasteiger partial charge is 0.295 e. The molecule has 0 rings (SSSR count). The number of aliphatic hydroxyl groups is 1. The highest BCUT2D eigenvalue weighted by atomic mass is 16.6. The van der Waals surface area contributed by atoms with E-state index in [0.29, 0.717) is 0 Å². The van der Waals surface area contributed by atoms with E-state index in [1.54, 1.807) is 6.08 Å². The van der Waals surface area contributed by atoms with Gasteiger partial charge in [0.05, 0.1) is 0 Å². The molecule has 19 heavy (non-hydrogen) atoms. The molecule has 0 aromatic heterocycles. The van der Waals surface area contributed by atoms with E-state index in [-0.39, 0.29) is 6.47 Å². The van der Waals surface area contributed by atoms with Gasteiger partial charge in [-0.3, -0.25) is 4.79 Å². The number of hydrogen-bond donors (Lipinski definition) is 1. The fourth-order valence-corrected chi connectivity index (χ4v) is 1.66. The number of carbonyl (C=O) groups excluding carboxylic acids is 1. The summed E-state index contributed by atoms with van der Waals surface area (Å²) < 4.78 is 4.39. The van der Waals surface area contributed by atoms with Gasteiger partial charge in [0.2, 0.25) is 6.29 Å². The lowest BCUT2D eigenvalue weighted by Gasteiger charge is -2.05. The Morgan fingerprint density at radius 1 is 1.05 bits per heavy atom. The predicted molar refractivity (Wildman–Crippen MR) is 78.6 cm³/mol. The van der Waals surface area contributed by atoms with Gasteiger partial charge in [0.15, 0.2) is 0 Å². The van der Waals surface area contributed by atoms with Gasteiger partial charge >= 0.3 is 0 Å². The molecule has 3 nitrogen and oxygen atoms in total. The Bertz CT molecular complexity index is 347. The van der Waals surface area contributed by atoms with Crippen molar-refractivity contribution in [3.63, 3.8) is 0 Å². The van der Waals surface area contributed by atoms with Gasteiger partial charge in [-0.25, -0.2) is 0 Å². The van der Waals surface area contributed by atoms with Crippen LogP contribution in [0.5, 0.6) is 0 Å². The summed E-state index contributed by atoms with van der Waals surface area (Å²) >= 11 is 0. The van der Waals surface area contributed by atoms with Gasteiger partial charge in [-0.1, -0.05) is 28.9 Å². The van der Waals surface area contributed by atoms with E-state index >= 15 is 0 Å². The van der Waals surface area contributed by atoms with Gasteiger partial charge in [-0.15, -0.1) is 0 Å². The molecule has 1 atom stereocenters. The second-order valence-electron chi connectivity index (χ2n) is 5.05. The van der Waals surface area contributed by atoms with Gasteiger partial charge in [-0.05, 0) is 59.5 Å². The zero-order chi connectivity index (χ0) is 14.7. The molecule has 0 saturated carbocycles. The summed E-state index contributed by atoms with van der Waals surface area (Å²) in [5, 5.41) is 9.24. The molecule has 0 aliphatic rings. The Hall–Kier alpha value is -1.35. The Morgan fingerprint density at radius 2 is 1.63 bits per heavy atom. The molecule has 0 spiro atoms. The summed E-state index contributed by atoms with van der Waals surface area (Å²) in [5.41, 5.74) is 3.76. The first-order valence-electron chi connectivity index (χ1n) is 6.69. The average Bonchev–Trinajstić information content (AvgIpc) is 2.28. The van der Waals surface area contributed by atoms with Crippen LogP contribution in [0.25, 0.3) is 0 Å². The van der Waals surface area contributed by atoms with Gasteiger partial charge < -0.3 is 9.84 Å². The van der Waals surface area contributed by atoms with E-state index in [1.165, 1.54) is 11.1 Å². The van der Waals surface area contributed by atoms with Crippen molar-refractivity contribution in [3.05, 3.63) is 34.9 Å². The molecule has 0 fully saturated rings. The van der Waals surface area contributed by atoms with Gasteiger partial charge in [0.25, 0.3) is 6.47 Å². The minimum absolute atomic E-state index is 0.252. The summed E-state index contributed by atoms with van der Waals surface area (Å²) in [6.07, 6.45) is 8.88. The van der Waals surface area contributed by atoms with Crippen molar-refractivity contribution in [3.8, 4) is 0 Å². The number of aliphatic hydroxyl groups excluding tert-OH is 1. The van der Waals surface area contributed by atoms with Crippen LogP contribution in [0.3, 0.4) is 0 Å². The highest BCUT2D eigenvalue weighted by molar-refractivity contribution is 5.37. The maximum atomic E-state index is 10.0. The number of carbonyl (C=O) groups is 1. The lowest BCUT2D eigenvalue weighted by molar-refractivity contribution is -0.144. The maximum Gasteiger partial charge on any atom is 0.295 e. The van der Waals surface area contributed by atoms with E-state index in [4.69, 9.17) is 0 Å². The summed E-state index contributed by atoms with van der Waals surface area (Å²) in [7, 11) is 0. The molecule has 0 amide bonds. The Balaban J connectivity index is 3.99. The summed E-state index contributed by atoms with van der Waals surface area (Å²) in [5.74, 6) is 0. The topological polar surface area (TPSA) is 46.5 Å². The molecular formula is C16H26O3. The van der Waals surface area contributed by atoms with Gasteiger partial charge in [-0.2, -0.15) is 0 Å². The Morgan fingerprint density at radius 3 is 2.21 bits per heavy atom. The quantitative estimate of drug-likeness (QED) is 0.391. The maximum absolute atomic E-state index is 10.0. The second kappa shape index (κ2) is 10.6. The molecule has 0 heterocycles. The second-order valence-corrected chi connectivity index (χ2v) is 5.05. The Kier molecular flexibility index (Phi) is 9.81. The number of hydrogen-bond acceptors (Lipinski definition) is 3. The van der Waals surface area contributed by atoms with Crippen LogP contribution in [-0.2, 0) is 9.53 Å². The van der Waals surface area contributed by atoms with Crippen LogP contribution in [0.1, 0.15) is 53.4 Å². The summed E-state index contributed by atoms with van der Waals surface area (Å²) in [6.45, 7) is 8.54. The van der Waals surface area contributed by atoms with Crippen LogP contribution in [0.4, 0.5) is 0 Å². The zero-order valence-corrected chi connectivity index (χ0v) is 12.5. The van der Waals surface area contributed by atoms with Crippen LogP contribution in [0.15, 0.2) is 34.9 Å². The molecule has 0 aliphatic carbocycles. The Labute approximate surface area is 116 Å². The number of allylic oxidation sites excluding steroid dienone is 5. The molecule has 0 radical (unpaired) electrons. The predicted octanol–water partition coefficient (Wildman–Crippen LogP) is 3.90. The van der Waals surface area contributed by atoms with Gasteiger partial charge in [0, 0.05) is 0 Å². The molecular weight excluding hydrogens is 240 g/mol. The highest BCUT2D eigenvalue weighted by Gasteiger charge is 1.99. The number of rotatable bonds is 9. The van der Waals surface area contributed by atoms with Crippen molar-refractivity contribution >= 4 is 6.47 Å². The number of ether oxygens (including phenoxy) is 1. The van der Waals surface area contributed by atoms with Crippen molar-refractivity contribution in [1.29, 1.82) is 0 Å². The third-order valence-corrected chi connectivity index (χ3v) is 2.74. The third kappa shape index (κ3) is 11.5. The standard InChI is InChI=1S/C16H26O3/c1-13(2)7-5-8-14(3)9-6-10-15(4)11-16(18)19-12-17/h7,9,11-12,16,18H,5-6,8,10H2,1-4H3/b14-9+,15-11-.